The number of nitrogens with two attached hydrogens (primary N) is 1. The molecule has 1 heterocycles. The Morgan fingerprint density at radius 3 is 2.56 bits per heavy atom. The summed E-state index contributed by atoms with van der Waals surface area (Å²) in [5.74, 6) is 0.247. The fraction of sp³-hybridized carbons (Fsp3) is 0.455. The average Bonchev–Trinajstić information content (AvgIpc) is 2.13. The summed E-state index contributed by atoms with van der Waals surface area (Å²) in [6.07, 6.45) is -5.27. The summed E-state index contributed by atoms with van der Waals surface area (Å²) in [5.41, 5.74) is 7.08. The normalized spacial score (nSPS) is 11.4. The summed E-state index contributed by atoms with van der Waals surface area (Å²) in [4.78, 5) is 4.20. The number of rotatable bonds is 4. The topological polar surface area (TPSA) is 48.1 Å². The highest BCUT2D eigenvalue weighted by molar-refractivity contribution is 7.80. The highest BCUT2D eigenvalue weighted by Gasteiger charge is 2.27. The zero-order valence-corrected chi connectivity index (χ0v) is 10.8. The van der Waals surface area contributed by atoms with Crippen molar-refractivity contribution in [2.24, 2.45) is 5.73 Å². The van der Waals surface area contributed by atoms with Gasteiger partial charge in [0, 0.05) is 11.8 Å². The Morgan fingerprint density at radius 1 is 1.44 bits per heavy atom. The lowest BCUT2D eigenvalue weighted by molar-refractivity contribution is -0.139. The van der Waals surface area contributed by atoms with Gasteiger partial charge >= 0.3 is 6.18 Å². The smallest absolute Gasteiger partial charge is 0.392 e. The van der Waals surface area contributed by atoms with E-state index in [1.807, 2.05) is 0 Å². The van der Waals surface area contributed by atoms with Crippen molar-refractivity contribution >= 4 is 17.2 Å². The fourth-order valence-electron chi connectivity index (χ4n) is 1.48. The third kappa shape index (κ3) is 4.14. The second-order valence-electron chi connectivity index (χ2n) is 3.80. The summed E-state index contributed by atoms with van der Waals surface area (Å²) in [6, 6.07) is 1.53. The number of ether oxygens (including phenoxy) is 1. The molecule has 0 bridgehead atoms. The summed E-state index contributed by atoms with van der Waals surface area (Å²) in [7, 11) is 0. The molecule has 3 nitrogen and oxygen atoms in total. The third-order valence-electron chi connectivity index (χ3n) is 2.18. The first-order valence-corrected chi connectivity index (χ1v) is 5.59. The molecule has 2 N–H and O–H groups in total. The first-order valence-electron chi connectivity index (χ1n) is 5.18. The molecule has 0 saturated carbocycles. The Balaban J connectivity index is 2.90. The van der Waals surface area contributed by atoms with E-state index in [-0.39, 0.29) is 10.7 Å². The van der Waals surface area contributed by atoms with Crippen molar-refractivity contribution in [3.8, 4) is 5.75 Å². The Morgan fingerprint density at radius 2 is 2.06 bits per heavy atom. The van der Waals surface area contributed by atoms with Crippen LogP contribution in [0.5, 0.6) is 5.75 Å². The van der Waals surface area contributed by atoms with Gasteiger partial charge in [0.05, 0.1) is 24.3 Å². The van der Waals surface area contributed by atoms with Crippen LogP contribution in [0.4, 0.5) is 13.2 Å². The van der Waals surface area contributed by atoms with E-state index in [0.29, 0.717) is 17.0 Å². The number of nitrogens with zero attached hydrogens (tertiary/aromatic N) is 1. The molecule has 0 saturated heterocycles. The number of halogens is 3. The first kappa shape index (κ1) is 14.7. The van der Waals surface area contributed by atoms with E-state index in [4.69, 9.17) is 22.7 Å². The Bertz CT molecular complexity index is 460. The standard InChI is InChI=1S/C11H13F3N2OS/c1-6-5-8(17-4-3-11(12,13)14)9(10(15)18)7(2)16-6/h5H,3-4H2,1-2H3,(H2,15,18). The maximum atomic E-state index is 12.0. The Kier molecular flexibility index (Phi) is 4.50. The van der Waals surface area contributed by atoms with Crippen molar-refractivity contribution in [1.82, 2.24) is 4.98 Å². The molecule has 1 aromatic heterocycles. The van der Waals surface area contributed by atoms with Gasteiger partial charge in [0.2, 0.25) is 0 Å². The molecule has 0 atom stereocenters. The number of aromatic nitrogens is 1. The minimum Gasteiger partial charge on any atom is -0.492 e. The second kappa shape index (κ2) is 5.51. The molecule has 1 rings (SSSR count). The van der Waals surface area contributed by atoms with Crippen LogP contribution in [-0.4, -0.2) is 22.8 Å². The fourth-order valence-corrected chi connectivity index (χ4v) is 1.73. The molecule has 7 heteroatoms. The molecule has 0 unspecified atom stereocenters. The van der Waals surface area contributed by atoms with Gasteiger partial charge in [-0.3, -0.25) is 4.98 Å². The van der Waals surface area contributed by atoms with Crippen molar-refractivity contribution in [3.05, 3.63) is 23.0 Å². The zero-order valence-electron chi connectivity index (χ0n) is 9.97. The van der Waals surface area contributed by atoms with Crippen LogP contribution in [0.25, 0.3) is 0 Å². The lowest BCUT2D eigenvalue weighted by atomic mass is 10.1. The molecule has 0 aliphatic heterocycles. The van der Waals surface area contributed by atoms with Crippen LogP contribution in [-0.2, 0) is 0 Å². The van der Waals surface area contributed by atoms with Crippen molar-refractivity contribution < 1.29 is 17.9 Å². The SMILES string of the molecule is Cc1cc(OCCC(F)(F)F)c(C(N)=S)c(C)n1. The molecular weight excluding hydrogens is 265 g/mol. The number of aryl methyl sites for hydroxylation is 2. The van der Waals surface area contributed by atoms with Crippen LogP contribution in [0.1, 0.15) is 23.4 Å². The molecule has 0 amide bonds. The van der Waals surface area contributed by atoms with E-state index in [2.05, 4.69) is 4.98 Å². The van der Waals surface area contributed by atoms with Gasteiger partial charge in [0.25, 0.3) is 0 Å². The summed E-state index contributed by atoms with van der Waals surface area (Å²) in [6.45, 7) is 2.92. The van der Waals surface area contributed by atoms with Gasteiger partial charge in [-0.1, -0.05) is 12.2 Å². The molecule has 18 heavy (non-hydrogen) atoms. The summed E-state index contributed by atoms with van der Waals surface area (Å²) in [5, 5.41) is 0. The Labute approximate surface area is 108 Å². The number of alkyl halides is 3. The predicted octanol–water partition coefficient (Wildman–Crippen LogP) is 2.66. The van der Waals surface area contributed by atoms with Crippen LogP contribution in [0, 0.1) is 13.8 Å². The number of hydrogen-bond acceptors (Lipinski definition) is 3. The van der Waals surface area contributed by atoms with Gasteiger partial charge in [-0.15, -0.1) is 0 Å². The minimum absolute atomic E-state index is 0.0574. The highest BCUT2D eigenvalue weighted by atomic mass is 32.1. The first-order chi connectivity index (χ1) is 8.20. The average molecular weight is 278 g/mol. The predicted molar refractivity (Wildman–Crippen MR) is 65.8 cm³/mol. The molecule has 0 aliphatic carbocycles. The van der Waals surface area contributed by atoms with Gasteiger partial charge in [0.15, 0.2) is 0 Å². The summed E-state index contributed by atoms with van der Waals surface area (Å²) >= 11 is 4.84. The van der Waals surface area contributed by atoms with E-state index in [9.17, 15) is 13.2 Å². The van der Waals surface area contributed by atoms with Crippen LogP contribution in [0.2, 0.25) is 0 Å². The quantitative estimate of drug-likeness (QED) is 0.860. The molecule has 0 aliphatic rings. The van der Waals surface area contributed by atoms with E-state index in [1.54, 1.807) is 13.8 Å². The van der Waals surface area contributed by atoms with Crippen molar-refractivity contribution in [2.75, 3.05) is 6.61 Å². The van der Waals surface area contributed by atoms with E-state index >= 15 is 0 Å². The number of pyridine rings is 1. The van der Waals surface area contributed by atoms with Crippen molar-refractivity contribution in [2.45, 2.75) is 26.4 Å². The van der Waals surface area contributed by atoms with Crippen LogP contribution in [0.3, 0.4) is 0 Å². The molecule has 0 radical (unpaired) electrons. The largest absolute Gasteiger partial charge is 0.492 e. The lowest BCUT2D eigenvalue weighted by Gasteiger charge is -2.14. The maximum Gasteiger partial charge on any atom is 0.392 e. The van der Waals surface area contributed by atoms with E-state index in [1.165, 1.54) is 6.07 Å². The second-order valence-corrected chi connectivity index (χ2v) is 4.24. The van der Waals surface area contributed by atoms with Crippen LogP contribution in [0.15, 0.2) is 6.07 Å². The molecule has 100 valence electrons. The number of hydrogen-bond donors (Lipinski definition) is 1. The monoisotopic (exact) mass is 278 g/mol. The van der Waals surface area contributed by atoms with Crippen LogP contribution >= 0.6 is 12.2 Å². The lowest BCUT2D eigenvalue weighted by Crippen LogP contribution is -2.17. The van der Waals surface area contributed by atoms with Gasteiger partial charge in [-0.2, -0.15) is 13.2 Å². The third-order valence-corrected chi connectivity index (χ3v) is 2.39. The molecular formula is C11H13F3N2OS. The van der Waals surface area contributed by atoms with Gasteiger partial charge in [0.1, 0.15) is 10.7 Å². The zero-order chi connectivity index (χ0) is 13.9. The molecule has 0 fully saturated rings. The maximum absolute atomic E-state index is 12.0. The van der Waals surface area contributed by atoms with Gasteiger partial charge in [-0.05, 0) is 13.8 Å². The van der Waals surface area contributed by atoms with Crippen LogP contribution < -0.4 is 10.5 Å². The summed E-state index contributed by atoms with van der Waals surface area (Å²) < 4.78 is 41.2. The highest BCUT2D eigenvalue weighted by Crippen LogP contribution is 2.24. The molecule has 0 aromatic carbocycles. The van der Waals surface area contributed by atoms with Crippen molar-refractivity contribution in [3.63, 3.8) is 0 Å². The Hall–Kier alpha value is -1.37. The molecule has 1 aromatic rings. The van der Waals surface area contributed by atoms with Gasteiger partial charge < -0.3 is 10.5 Å². The van der Waals surface area contributed by atoms with E-state index in [0.717, 1.165) is 0 Å². The molecule has 0 spiro atoms. The van der Waals surface area contributed by atoms with Gasteiger partial charge in [-0.25, -0.2) is 0 Å². The number of thiocarbonyl (C=S) groups is 1. The van der Waals surface area contributed by atoms with Crippen molar-refractivity contribution in [1.29, 1.82) is 0 Å². The van der Waals surface area contributed by atoms with E-state index < -0.39 is 19.2 Å². The minimum atomic E-state index is -4.25.